The number of benzene rings is 2. The van der Waals surface area contributed by atoms with Crippen LogP contribution in [0.4, 0.5) is 11.4 Å². The Bertz CT molecular complexity index is 606. The average molecular weight is 324 g/mol. The molecule has 2 N–H and O–H groups in total. The molecule has 0 saturated carbocycles. The lowest BCUT2D eigenvalue weighted by atomic mass is 9.97. The summed E-state index contributed by atoms with van der Waals surface area (Å²) in [7, 11) is 0. The van der Waals surface area contributed by atoms with Gasteiger partial charge >= 0.3 is 0 Å². The average Bonchev–Trinajstić information content (AvgIpc) is 2.66. The van der Waals surface area contributed by atoms with Gasteiger partial charge in [-0.1, -0.05) is 42.5 Å². The smallest absolute Gasteiger partial charge is 0.0602 e. The van der Waals surface area contributed by atoms with Gasteiger partial charge in [0.05, 0.1) is 11.4 Å². The minimum atomic E-state index is 0.327. The van der Waals surface area contributed by atoms with Crippen molar-refractivity contribution in [1.29, 1.82) is 0 Å². The van der Waals surface area contributed by atoms with Crippen molar-refractivity contribution >= 4 is 11.4 Å². The third-order valence-corrected chi connectivity index (χ3v) is 4.92. The number of para-hydroxylation sites is 2. The number of piperidine rings is 1. The summed E-state index contributed by atoms with van der Waals surface area (Å²) < 4.78 is 0. The zero-order chi connectivity index (χ0) is 16.6. The van der Waals surface area contributed by atoms with Crippen LogP contribution in [0, 0.1) is 5.92 Å². The fourth-order valence-corrected chi connectivity index (χ4v) is 3.42. The Morgan fingerprint density at radius 1 is 0.958 bits per heavy atom. The lowest BCUT2D eigenvalue weighted by molar-refractivity contribution is 0.203. The molecule has 2 aromatic rings. The second-order valence-electron chi connectivity index (χ2n) is 6.65. The highest BCUT2D eigenvalue weighted by atomic mass is 16.3. The number of aliphatic hydroxyl groups excluding tert-OH is 1. The van der Waals surface area contributed by atoms with Crippen molar-refractivity contribution in [2.24, 2.45) is 5.92 Å². The summed E-state index contributed by atoms with van der Waals surface area (Å²) >= 11 is 0. The van der Waals surface area contributed by atoms with E-state index in [0.717, 1.165) is 45.3 Å². The van der Waals surface area contributed by atoms with Crippen LogP contribution in [0.3, 0.4) is 0 Å². The van der Waals surface area contributed by atoms with E-state index in [0.29, 0.717) is 12.5 Å². The summed E-state index contributed by atoms with van der Waals surface area (Å²) in [4.78, 5) is 2.45. The maximum Gasteiger partial charge on any atom is 0.0602 e. The first kappa shape index (κ1) is 16.8. The monoisotopic (exact) mass is 324 g/mol. The van der Waals surface area contributed by atoms with Gasteiger partial charge in [-0.3, -0.25) is 0 Å². The van der Waals surface area contributed by atoms with Gasteiger partial charge in [0.25, 0.3) is 0 Å². The fourth-order valence-electron chi connectivity index (χ4n) is 3.42. The van der Waals surface area contributed by atoms with Crippen LogP contribution in [0.25, 0.3) is 0 Å². The Hall–Kier alpha value is -2.00. The number of hydrogen-bond acceptors (Lipinski definition) is 3. The van der Waals surface area contributed by atoms with E-state index in [2.05, 4.69) is 64.8 Å². The van der Waals surface area contributed by atoms with Gasteiger partial charge in [0.2, 0.25) is 0 Å². The van der Waals surface area contributed by atoms with Crippen LogP contribution in [0.15, 0.2) is 54.6 Å². The first-order valence-corrected chi connectivity index (χ1v) is 9.09. The van der Waals surface area contributed by atoms with Crippen LogP contribution in [0.2, 0.25) is 0 Å². The Kier molecular flexibility index (Phi) is 6.13. The van der Waals surface area contributed by atoms with Crippen molar-refractivity contribution in [1.82, 2.24) is 0 Å². The number of rotatable bonds is 7. The fraction of sp³-hybridized carbons (Fsp3) is 0.429. The Balaban J connectivity index is 1.52. The molecule has 24 heavy (non-hydrogen) atoms. The first-order chi connectivity index (χ1) is 11.9. The van der Waals surface area contributed by atoms with Gasteiger partial charge in [0.15, 0.2) is 0 Å². The first-order valence-electron chi connectivity index (χ1n) is 9.09. The van der Waals surface area contributed by atoms with Crippen molar-refractivity contribution in [3.63, 3.8) is 0 Å². The van der Waals surface area contributed by atoms with Crippen molar-refractivity contribution in [2.45, 2.75) is 25.7 Å². The summed E-state index contributed by atoms with van der Waals surface area (Å²) in [5.74, 6) is 0.479. The minimum Gasteiger partial charge on any atom is -0.396 e. The quantitative estimate of drug-likeness (QED) is 0.757. The van der Waals surface area contributed by atoms with Crippen LogP contribution >= 0.6 is 0 Å². The van der Waals surface area contributed by atoms with E-state index >= 15 is 0 Å². The van der Waals surface area contributed by atoms with Gasteiger partial charge in [0.1, 0.15) is 0 Å². The van der Waals surface area contributed by atoms with Gasteiger partial charge in [-0.2, -0.15) is 0 Å². The van der Waals surface area contributed by atoms with Crippen LogP contribution in [-0.2, 0) is 6.42 Å². The molecule has 3 heteroatoms. The zero-order valence-electron chi connectivity index (χ0n) is 14.3. The highest BCUT2D eigenvalue weighted by Crippen LogP contribution is 2.29. The molecule has 128 valence electrons. The van der Waals surface area contributed by atoms with Gasteiger partial charge in [-0.25, -0.2) is 0 Å². The van der Waals surface area contributed by atoms with E-state index in [4.69, 9.17) is 0 Å². The Labute approximate surface area is 145 Å². The van der Waals surface area contributed by atoms with Crippen LogP contribution in [0.5, 0.6) is 0 Å². The molecule has 1 aliphatic heterocycles. The zero-order valence-corrected chi connectivity index (χ0v) is 14.3. The number of aliphatic hydroxyl groups is 1. The Morgan fingerprint density at radius 2 is 1.67 bits per heavy atom. The highest BCUT2D eigenvalue weighted by Gasteiger charge is 2.20. The largest absolute Gasteiger partial charge is 0.396 e. The van der Waals surface area contributed by atoms with Gasteiger partial charge in [-0.15, -0.1) is 0 Å². The van der Waals surface area contributed by atoms with E-state index in [-0.39, 0.29) is 0 Å². The molecule has 1 saturated heterocycles. The summed E-state index contributed by atoms with van der Waals surface area (Å²) in [5.41, 5.74) is 3.93. The van der Waals surface area contributed by atoms with Crippen LogP contribution < -0.4 is 10.2 Å². The molecule has 0 spiro atoms. The topological polar surface area (TPSA) is 35.5 Å². The summed E-state index contributed by atoms with van der Waals surface area (Å²) in [5, 5.41) is 12.9. The lowest BCUT2D eigenvalue weighted by Crippen LogP contribution is -2.35. The second kappa shape index (κ2) is 8.74. The summed E-state index contributed by atoms with van der Waals surface area (Å²) in [6.07, 6.45) is 4.40. The molecular formula is C21H28N2O. The molecular weight excluding hydrogens is 296 g/mol. The van der Waals surface area contributed by atoms with E-state index < -0.39 is 0 Å². The molecule has 0 radical (unpaired) electrons. The molecule has 1 aliphatic rings. The molecule has 0 atom stereocenters. The second-order valence-corrected chi connectivity index (χ2v) is 6.65. The lowest BCUT2D eigenvalue weighted by Gasteiger charge is -2.34. The summed E-state index contributed by atoms with van der Waals surface area (Å²) in [6.45, 7) is 3.38. The van der Waals surface area contributed by atoms with Gasteiger partial charge in [-0.05, 0) is 49.3 Å². The predicted molar refractivity (Wildman–Crippen MR) is 102 cm³/mol. The normalized spacial score (nSPS) is 15.5. The molecule has 3 nitrogen and oxygen atoms in total. The maximum atomic E-state index is 9.31. The van der Waals surface area contributed by atoms with E-state index in [1.165, 1.54) is 16.9 Å². The third-order valence-electron chi connectivity index (χ3n) is 4.92. The molecule has 0 aliphatic carbocycles. The maximum absolute atomic E-state index is 9.31. The van der Waals surface area contributed by atoms with Gasteiger partial charge < -0.3 is 15.3 Å². The third kappa shape index (κ3) is 4.51. The molecule has 1 fully saturated rings. The number of nitrogens with one attached hydrogen (secondary N) is 1. The van der Waals surface area contributed by atoms with Crippen molar-refractivity contribution in [3.8, 4) is 0 Å². The van der Waals surface area contributed by atoms with Crippen molar-refractivity contribution in [2.75, 3.05) is 36.5 Å². The standard InChI is InChI=1S/C21H28N2O/c24-17-19-12-15-23(16-13-19)21-11-5-4-10-20(21)22-14-6-9-18-7-2-1-3-8-18/h1-5,7-8,10-11,19,22,24H,6,9,12-17H2. The van der Waals surface area contributed by atoms with Crippen molar-refractivity contribution in [3.05, 3.63) is 60.2 Å². The summed E-state index contributed by atoms with van der Waals surface area (Å²) in [6, 6.07) is 19.3. The van der Waals surface area contributed by atoms with Crippen LogP contribution in [-0.4, -0.2) is 31.3 Å². The van der Waals surface area contributed by atoms with Crippen molar-refractivity contribution < 1.29 is 5.11 Å². The number of nitrogens with zero attached hydrogens (tertiary/aromatic N) is 1. The molecule has 2 aromatic carbocycles. The molecule has 3 rings (SSSR count). The SMILES string of the molecule is OCC1CCN(c2ccccc2NCCCc2ccccc2)CC1. The number of aryl methyl sites for hydroxylation is 1. The van der Waals surface area contributed by atoms with E-state index in [1.807, 2.05) is 0 Å². The molecule has 1 heterocycles. The minimum absolute atomic E-state index is 0.327. The number of anilines is 2. The predicted octanol–water partition coefficient (Wildman–Crippen LogP) is 3.94. The number of hydrogen-bond donors (Lipinski definition) is 2. The molecule has 0 aromatic heterocycles. The molecule has 0 bridgehead atoms. The van der Waals surface area contributed by atoms with Crippen LogP contribution in [0.1, 0.15) is 24.8 Å². The van der Waals surface area contributed by atoms with E-state index in [1.54, 1.807) is 0 Å². The molecule has 0 unspecified atom stereocenters. The highest BCUT2D eigenvalue weighted by molar-refractivity contribution is 5.70. The molecule has 0 amide bonds. The van der Waals surface area contributed by atoms with E-state index in [9.17, 15) is 5.11 Å². The van der Waals surface area contributed by atoms with Gasteiger partial charge in [0, 0.05) is 26.2 Å². The Morgan fingerprint density at radius 3 is 2.42 bits per heavy atom.